The standard InChI is InChI=1S/C12H21NO2S/c1-3-13-12(9-15-6-5-14-2)8-11-4-7-16-10-11/h4,7,10,12-13H,3,5-6,8-9H2,1-2H3. The van der Waals surface area contributed by atoms with Crippen molar-refractivity contribution in [1.29, 1.82) is 0 Å². The largest absolute Gasteiger partial charge is 0.382 e. The molecule has 3 nitrogen and oxygen atoms in total. The highest BCUT2D eigenvalue weighted by molar-refractivity contribution is 7.07. The molecule has 1 rings (SSSR count). The topological polar surface area (TPSA) is 30.5 Å². The Morgan fingerprint density at radius 2 is 2.31 bits per heavy atom. The molecule has 1 N–H and O–H groups in total. The van der Waals surface area contributed by atoms with Gasteiger partial charge in [0.05, 0.1) is 19.8 Å². The molecule has 16 heavy (non-hydrogen) atoms. The summed E-state index contributed by atoms with van der Waals surface area (Å²) in [5, 5.41) is 7.75. The van der Waals surface area contributed by atoms with Crippen molar-refractivity contribution in [1.82, 2.24) is 5.32 Å². The van der Waals surface area contributed by atoms with Crippen LogP contribution in [0, 0.1) is 0 Å². The van der Waals surface area contributed by atoms with E-state index in [-0.39, 0.29) is 0 Å². The molecule has 0 radical (unpaired) electrons. The Bertz CT molecular complexity index is 252. The highest BCUT2D eigenvalue weighted by atomic mass is 32.1. The van der Waals surface area contributed by atoms with E-state index < -0.39 is 0 Å². The fraction of sp³-hybridized carbons (Fsp3) is 0.667. The van der Waals surface area contributed by atoms with Gasteiger partial charge in [0, 0.05) is 13.2 Å². The van der Waals surface area contributed by atoms with Gasteiger partial charge in [0.1, 0.15) is 0 Å². The van der Waals surface area contributed by atoms with Crippen molar-refractivity contribution < 1.29 is 9.47 Å². The number of hydrogen-bond donors (Lipinski definition) is 1. The summed E-state index contributed by atoms with van der Waals surface area (Å²) in [5.74, 6) is 0. The molecule has 0 aliphatic carbocycles. The second-order valence-corrected chi connectivity index (χ2v) is 4.44. The van der Waals surface area contributed by atoms with Crippen molar-refractivity contribution in [3.05, 3.63) is 22.4 Å². The number of likely N-dealkylation sites (N-methyl/N-ethyl adjacent to an activating group) is 1. The van der Waals surface area contributed by atoms with Crippen LogP contribution in [-0.2, 0) is 15.9 Å². The van der Waals surface area contributed by atoms with Crippen molar-refractivity contribution in [2.45, 2.75) is 19.4 Å². The van der Waals surface area contributed by atoms with Crippen molar-refractivity contribution in [3.8, 4) is 0 Å². The van der Waals surface area contributed by atoms with Gasteiger partial charge >= 0.3 is 0 Å². The van der Waals surface area contributed by atoms with Crippen LogP contribution in [0.5, 0.6) is 0 Å². The summed E-state index contributed by atoms with van der Waals surface area (Å²) >= 11 is 1.74. The minimum atomic E-state index is 0.399. The first-order chi connectivity index (χ1) is 7.86. The number of methoxy groups -OCH3 is 1. The monoisotopic (exact) mass is 243 g/mol. The lowest BCUT2D eigenvalue weighted by Crippen LogP contribution is -2.35. The van der Waals surface area contributed by atoms with E-state index in [1.54, 1.807) is 18.4 Å². The van der Waals surface area contributed by atoms with Crippen LogP contribution in [0.1, 0.15) is 12.5 Å². The van der Waals surface area contributed by atoms with Gasteiger partial charge in [-0.05, 0) is 35.4 Å². The quantitative estimate of drug-likeness (QED) is 0.672. The molecular formula is C12H21NO2S. The van der Waals surface area contributed by atoms with Crippen LogP contribution in [0.2, 0.25) is 0 Å². The molecular weight excluding hydrogens is 222 g/mol. The highest BCUT2D eigenvalue weighted by Crippen LogP contribution is 2.08. The maximum atomic E-state index is 5.55. The fourth-order valence-corrected chi connectivity index (χ4v) is 2.22. The van der Waals surface area contributed by atoms with Crippen LogP contribution in [0.25, 0.3) is 0 Å². The van der Waals surface area contributed by atoms with Crippen LogP contribution >= 0.6 is 11.3 Å². The van der Waals surface area contributed by atoms with Gasteiger partial charge in [-0.3, -0.25) is 0 Å². The third-order valence-corrected chi connectivity index (χ3v) is 3.04. The Morgan fingerprint density at radius 1 is 1.44 bits per heavy atom. The maximum Gasteiger partial charge on any atom is 0.0701 e. The molecule has 0 aliphatic rings. The molecule has 1 unspecified atom stereocenters. The van der Waals surface area contributed by atoms with E-state index in [0.29, 0.717) is 19.3 Å². The predicted octanol–water partition coefficient (Wildman–Crippen LogP) is 1.93. The van der Waals surface area contributed by atoms with Gasteiger partial charge < -0.3 is 14.8 Å². The number of ether oxygens (including phenoxy) is 2. The summed E-state index contributed by atoms with van der Waals surface area (Å²) < 4.78 is 10.5. The second-order valence-electron chi connectivity index (χ2n) is 3.66. The molecule has 1 heterocycles. The van der Waals surface area contributed by atoms with E-state index in [1.165, 1.54) is 5.56 Å². The van der Waals surface area contributed by atoms with E-state index in [0.717, 1.165) is 19.6 Å². The van der Waals surface area contributed by atoms with Gasteiger partial charge in [-0.25, -0.2) is 0 Å². The highest BCUT2D eigenvalue weighted by Gasteiger charge is 2.08. The molecule has 0 saturated carbocycles. The molecule has 4 heteroatoms. The minimum Gasteiger partial charge on any atom is -0.382 e. The van der Waals surface area contributed by atoms with Crippen molar-refractivity contribution >= 4 is 11.3 Å². The van der Waals surface area contributed by atoms with Gasteiger partial charge in [0.2, 0.25) is 0 Å². The van der Waals surface area contributed by atoms with Gasteiger partial charge in [-0.15, -0.1) is 0 Å². The van der Waals surface area contributed by atoms with Gasteiger partial charge in [0.25, 0.3) is 0 Å². The minimum absolute atomic E-state index is 0.399. The Kier molecular flexibility index (Phi) is 7.42. The lowest BCUT2D eigenvalue weighted by Gasteiger charge is -2.17. The first-order valence-electron chi connectivity index (χ1n) is 5.68. The SMILES string of the molecule is CCNC(COCCOC)Cc1ccsc1. The molecule has 0 spiro atoms. The molecule has 1 atom stereocenters. The van der Waals surface area contributed by atoms with Gasteiger partial charge in [-0.2, -0.15) is 11.3 Å². The van der Waals surface area contributed by atoms with E-state index in [1.807, 2.05) is 0 Å². The van der Waals surface area contributed by atoms with E-state index in [4.69, 9.17) is 9.47 Å². The zero-order valence-corrected chi connectivity index (χ0v) is 10.9. The van der Waals surface area contributed by atoms with Crippen molar-refractivity contribution in [3.63, 3.8) is 0 Å². The molecule has 0 amide bonds. The molecule has 0 fully saturated rings. The van der Waals surface area contributed by atoms with E-state index >= 15 is 0 Å². The van der Waals surface area contributed by atoms with E-state index in [2.05, 4.69) is 29.1 Å². The lowest BCUT2D eigenvalue weighted by molar-refractivity contribution is 0.0589. The number of nitrogens with one attached hydrogen (secondary N) is 1. The molecule has 0 aromatic carbocycles. The van der Waals surface area contributed by atoms with Gasteiger partial charge in [-0.1, -0.05) is 6.92 Å². The Labute approximate surface area is 102 Å². The number of rotatable bonds is 9. The van der Waals surface area contributed by atoms with Crippen molar-refractivity contribution in [2.75, 3.05) is 33.5 Å². The molecule has 1 aromatic heterocycles. The maximum absolute atomic E-state index is 5.55. The average Bonchev–Trinajstić information content (AvgIpc) is 2.77. The third-order valence-electron chi connectivity index (χ3n) is 2.31. The number of thiophene rings is 1. The third kappa shape index (κ3) is 5.61. The Hall–Kier alpha value is -0.420. The predicted molar refractivity (Wildman–Crippen MR) is 68.2 cm³/mol. The van der Waals surface area contributed by atoms with Crippen LogP contribution in [0.4, 0.5) is 0 Å². The van der Waals surface area contributed by atoms with E-state index in [9.17, 15) is 0 Å². The average molecular weight is 243 g/mol. The summed E-state index contributed by atoms with van der Waals surface area (Å²) in [6.07, 6.45) is 1.03. The van der Waals surface area contributed by atoms with Crippen LogP contribution in [0.3, 0.4) is 0 Å². The summed E-state index contributed by atoms with van der Waals surface area (Å²) in [5.41, 5.74) is 1.38. The van der Waals surface area contributed by atoms with Crippen LogP contribution in [-0.4, -0.2) is 39.5 Å². The fourth-order valence-electron chi connectivity index (χ4n) is 1.54. The zero-order chi connectivity index (χ0) is 11.6. The smallest absolute Gasteiger partial charge is 0.0701 e. The summed E-state index contributed by atoms with van der Waals surface area (Å²) in [4.78, 5) is 0. The summed E-state index contributed by atoms with van der Waals surface area (Å²) in [7, 11) is 1.69. The second kappa shape index (κ2) is 8.70. The Morgan fingerprint density at radius 3 is 2.94 bits per heavy atom. The number of hydrogen-bond acceptors (Lipinski definition) is 4. The van der Waals surface area contributed by atoms with Gasteiger partial charge in [0.15, 0.2) is 0 Å². The summed E-state index contributed by atoms with van der Waals surface area (Å²) in [6.45, 7) is 5.17. The van der Waals surface area contributed by atoms with Crippen LogP contribution in [0.15, 0.2) is 16.8 Å². The molecule has 0 saturated heterocycles. The first kappa shape index (κ1) is 13.6. The molecule has 0 bridgehead atoms. The Balaban J connectivity index is 2.24. The lowest BCUT2D eigenvalue weighted by atomic mass is 10.1. The van der Waals surface area contributed by atoms with Crippen LogP contribution < -0.4 is 5.32 Å². The first-order valence-corrected chi connectivity index (χ1v) is 6.62. The summed E-state index contributed by atoms with van der Waals surface area (Å²) in [6, 6.07) is 2.57. The molecule has 0 aliphatic heterocycles. The van der Waals surface area contributed by atoms with Crippen molar-refractivity contribution in [2.24, 2.45) is 0 Å². The zero-order valence-electron chi connectivity index (χ0n) is 10.1. The normalized spacial score (nSPS) is 12.9. The molecule has 1 aromatic rings. The molecule has 92 valence electrons.